The normalized spacial score (nSPS) is 16.1. The van der Waals surface area contributed by atoms with Gasteiger partial charge in [-0.1, -0.05) is 35.9 Å². The van der Waals surface area contributed by atoms with Gasteiger partial charge in [0, 0.05) is 49.1 Å². The first-order valence-electron chi connectivity index (χ1n) is 10.7. The second-order valence-electron chi connectivity index (χ2n) is 7.96. The molecule has 1 aromatic heterocycles. The molecule has 8 nitrogen and oxygen atoms in total. The highest BCUT2D eigenvalue weighted by molar-refractivity contribution is 6.30. The van der Waals surface area contributed by atoms with Crippen LogP contribution in [0, 0.1) is 10.1 Å². The molecular weight excluding hydrogens is 428 g/mol. The average Bonchev–Trinajstić information content (AvgIpc) is 2.83. The molecule has 9 heteroatoms. The van der Waals surface area contributed by atoms with Gasteiger partial charge in [-0.15, -0.1) is 0 Å². The lowest BCUT2D eigenvalue weighted by molar-refractivity contribution is -0.383. The van der Waals surface area contributed by atoms with Crippen molar-refractivity contribution in [3.63, 3.8) is 0 Å². The van der Waals surface area contributed by atoms with Crippen LogP contribution in [-0.4, -0.2) is 47.6 Å². The van der Waals surface area contributed by atoms with E-state index in [0.29, 0.717) is 36.3 Å². The number of hydrogen-bond donors (Lipinski definition) is 0. The van der Waals surface area contributed by atoms with Gasteiger partial charge in [0.2, 0.25) is 11.6 Å². The van der Waals surface area contributed by atoms with Gasteiger partial charge in [0.25, 0.3) is 0 Å². The summed E-state index contributed by atoms with van der Waals surface area (Å²) in [6, 6.07) is 15.8. The van der Waals surface area contributed by atoms with E-state index in [2.05, 4.69) is 20.9 Å². The van der Waals surface area contributed by atoms with Crippen molar-refractivity contribution in [1.82, 2.24) is 9.97 Å². The molecule has 0 amide bonds. The number of nitrogens with zero attached hydrogens (tertiary/aromatic N) is 6. The largest absolute Gasteiger partial charge is 0.368 e. The molecule has 0 atom stereocenters. The number of aryl methyl sites for hydroxylation is 1. The summed E-state index contributed by atoms with van der Waals surface area (Å²) in [5.74, 6) is 0.748. The van der Waals surface area contributed by atoms with Gasteiger partial charge in [-0.2, -0.15) is 0 Å². The zero-order chi connectivity index (χ0) is 22.1. The number of anilines is 4. The van der Waals surface area contributed by atoms with Gasteiger partial charge in [0.1, 0.15) is 6.33 Å². The highest BCUT2D eigenvalue weighted by Gasteiger charge is 2.33. The fraction of sp³-hybridized carbons (Fsp3) is 0.304. The zero-order valence-corrected chi connectivity index (χ0v) is 18.3. The van der Waals surface area contributed by atoms with Gasteiger partial charge in [-0.05, 0) is 42.7 Å². The first-order chi connectivity index (χ1) is 15.6. The van der Waals surface area contributed by atoms with Crippen LogP contribution in [0.5, 0.6) is 0 Å². The van der Waals surface area contributed by atoms with E-state index < -0.39 is 0 Å². The number of hydrogen-bond acceptors (Lipinski definition) is 7. The summed E-state index contributed by atoms with van der Waals surface area (Å²) in [6.07, 6.45) is 3.33. The number of rotatable bonds is 4. The van der Waals surface area contributed by atoms with E-state index in [1.165, 1.54) is 11.9 Å². The summed E-state index contributed by atoms with van der Waals surface area (Å²) in [6.45, 7) is 3.39. The molecule has 0 N–H and O–H groups in total. The molecule has 2 aliphatic heterocycles. The second kappa shape index (κ2) is 8.63. The molecule has 32 heavy (non-hydrogen) atoms. The van der Waals surface area contributed by atoms with Crippen molar-refractivity contribution >= 4 is 40.3 Å². The van der Waals surface area contributed by atoms with Gasteiger partial charge in [0.05, 0.1) is 4.92 Å². The quantitative estimate of drug-likeness (QED) is 0.429. The van der Waals surface area contributed by atoms with Gasteiger partial charge < -0.3 is 14.7 Å². The Morgan fingerprint density at radius 1 is 0.906 bits per heavy atom. The van der Waals surface area contributed by atoms with Crippen LogP contribution in [0.15, 0.2) is 54.9 Å². The lowest BCUT2D eigenvalue weighted by Gasteiger charge is -2.37. The topological polar surface area (TPSA) is 78.6 Å². The van der Waals surface area contributed by atoms with E-state index >= 15 is 0 Å². The Morgan fingerprint density at radius 3 is 2.44 bits per heavy atom. The Hall–Kier alpha value is -3.39. The van der Waals surface area contributed by atoms with E-state index in [4.69, 9.17) is 11.6 Å². The maximum absolute atomic E-state index is 12.2. The molecule has 0 unspecified atom stereocenters. The molecular formula is C23H23ClN6O2. The third-order valence-electron chi connectivity index (χ3n) is 6.08. The molecule has 0 bridgehead atoms. The molecule has 0 aliphatic carbocycles. The Morgan fingerprint density at radius 2 is 1.66 bits per heavy atom. The molecule has 5 rings (SSSR count). The minimum Gasteiger partial charge on any atom is -0.368 e. The van der Waals surface area contributed by atoms with E-state index in [-0.39, 0.29) is 10.6 Å². The first kappa shape index (κ1) is 20.5. The molecule has 164 valence electrons. The van der Waals surface area contributed by atoms with Crippen LogP contribution < -0.4 is 14.7 Å². The van der Waals surface area contributed by atoms with Gasteiger partial charge in [-0.3, -0.25) is 10.1 Å². The summed E-state index contributed by atoms with van der Waals surface area (Å²) >= 11 is 6.14. The summed E-state index contributed by atoms with van der Waals surface area (Å²) in [4.78, 5) is 26.8. The van der Waals surface area contributed by atoms with Crippen LogP contribution in [0.25, 0.3) is 0 Å². The summed E-state index contributed by atoms with van der Waals surface area (Å²) in [5, 5.41) is 12.9. The standard InChI is InChI=1S/C23H23ClN6O2/c24-18-7-3-8-19(15-18)27-11-13-28(14-12-27)22-21(30(31)32)23(26-16-25-22)29-10-4-6-17-5-1-2-9-20(17)29/h1-3,5,7-9,15-16H,4,6,10-14H2. The van der Waals surface area contributed by atoms with Gasteiger partial charge in [0.15, 0.2) is 0 Å². The number of nitro groups is 1. The molecule has 3 aromatic rings. The minimum atomic E-state index is -0.342. The predicted octanol–water partition coefficient (Wildman–Crippen LogP) is 4.45. The van der Waals surface area contributed by atoms with Crippen molar-refractivity contribution in [2.75, 3.05) is 47.4 Å². The molecule has 0 spiro atoms. The van der Waals surface area contributed by atoms with E-state index in [1.54, 1.807) is 0 Å². The summed E-state index contributed by atoms with van der Waals surface area (Å²) < 4.78 is 0. The maximum Gasteiger partial charge on any atom is 0.353 e. The van der Waals surface area contributed by atoms with E-state index in [9.17, 15) is 10.1 Å². The third kappa shape index (κ3) is 3.82. The van der Waals surface area contributed by atoms with Crippen molar-refractivity contribution in [3.8, 4) is 0 Å². The Kier molecular flexibility index (Phi) is 5.53. The number of aromatic nitrogens is 2. The predicted molar refractivity (Wildman–Crippen MR) is 126 cm³/mol. The Balaban J connectivity index is 1.45. The number of piperazine rings is 1. The van der Waals surface area contributed by atoms with Crippen LogP contribution in [0.2, 0.25) is 5.02 Å². The molecule has 2 aliphatic rings. The van der Waals surface area contributed by atoms with Crippen molar-refractivity contribution in [3.05, 3.63) is 75.6 Å². The molecule has 2 aromatic carbocycles. The fourth-order valence-electron chi connectivity index (χ4n) is 4.56. The monoisotopic (exact) mass is 450 g/mol. The Labute approximate surface area is 191 Å². The number of halogens is 1. The first-order valence-corrected chi connectivity index (χ1v) is 11.1. The van der Waals surface area contributed by atoms with Crippen LogP contribution >= 0.6 is 11.6 Å². The number of fused-ring (bicyclic) bond motifs is 1. The summed E-state index contributed by atoms with van der Waals surface area (Å²) in [5.41, 5.74) is 3.20. The number of para-hydroxylation sites is 1. The van der Waals surface area contributed by atoms with Crippen LogP contribution in [0.4, 0.5) is 28.7 Å². The van der Waals surface area contributed by atoms with Gasteiger partial charge >= 0.3 is 5.69 Å². The highest BCUT2D eigenvalue weighted by atomic mass is 35.5. The minimum absolute atomic E-state index is 0.0274. The lowest BCUT2D eigenvalue weighted by Crippen LogP contribution is -2.47. The van der Waals surface area contributed by atoms with Crippen LogP contribution in [0.1, 0.15) is 12.0 Å². The lowest BCUT2D eigenvalue weighted by atomic mass is 10.0. The van der Waals surface area contributed by atoms with E-state index in [1.807, 2.05) is 52.3 Å². The van der Waals surface area contributed by atoms with Crippen molar-refractivity contribution in [2.24, 2.45) is 0 Å². The fourth-order valence-corrected chi connectivity index (χ4v) is 4.74. The highest BCUT2D eigenvalue weighted by Crippen LogP contribution is 2.40. The SMILES string of the molecule is O=[N+]([O-])c1c(N2CCN(c3cccc(Cl)c3)CC2)ncnc1N1CCCc2ccccc21. The average molecular weight is 451 g/mol. The maximum atomic E-state index is 12.2. The second-order valence-corrected chi connectivity index (χ2v) is 8.40. The van der Waals surface area contributed by atoms with Crippen LogP contribution in [-0.2, 0) is 6.42 Å². The zero-order valence-electron chi connectivity index (χ0n) is 17.5. The van der Waals surface area contributed by atoms with Crippen molar-refractivity contribution in [1.29, 1.82) is 0 Å². The molecule has 0 saturated carbocycles. The Bertz CT molecular complexity index is 1150. The van der Waals surface area contributed by atoms with Crippen LogP contribution in [0.3, 0.4) is 0 Å². The third-order valence-corrected chi connectivity index (χ3v) is 6.32. The van der Waals surface area contributed by atoms with E-state index in [0.717, 1.165) is 37.3 Å². The van der Waals surface area contributed by atoms with Crippen molar-refractivity contribution in [2.45, 2.75) is 12.8 Å². The summed E-state index contributed by atoms with van der Waals surface area (Å²) in [7, 11) is 0. The molecule has 1 saturated heterocycles. The van der Waals surface area contributed by atoms with Gasteiger partial charge in [-0.25, -0.2) is 9.97 Å². The molecule has 1 fully saturated rings. The molecule has 0 radical (unpaired) electrons. The van der Waals surface area contributed by atoms with Crippen molar-refractivity contribution < 1.29 is 4.92 Å². The molecule has 3 heterocycles. The number of benzene rings is 2. The smallest absolute Gasteiger partial charge is 0.353 e.